The number of ether oxygens (including phenoxy) is 1. The lowest BCUT2D eigenvalue weighted by Gasteiger charge is -2.20. The minimum Gasteiger partial charge on any atom is -0.465 e. The molecule has 4 nitrogen and oxygen atoms in total. The van der Waals surface area contributed by atoms with Crippen molar-refractivity contribution in [3.63, 3.8) is 0 Å². The van der Waals surface area contributed by atoms with Gasteiger partial charge in [-0.15, -0.1) is 0 Å². The first kappa shape index (κ1) is 13.2. The van der Waals surface area contributed by atoms with Gasteiger partial charge in [-0.2, -0.15) is 0 Å². The third-order valence-corrected chi connectivity index (χ3v) is 3.82. The minimum absolute atomic E-state index is 0.339. The molecule has 0 atom stereocenters. The van der Waals surface area contributed by atoms with E-state index in [0.29, 0.717) is 10.7 Å². The standard InChI is InChI=1S/C15H15ClN2O2/c1-20-15(19)10-4-5-12-11(8-10)13(9-14(16)17-12)18-6-2-3-7-18/h4-5,8-9H,2-3,6-7H2,1H3. The number of hydrogen-bond acceptors (Lipinski definition) is 4. The SMILES string of the molecule is COC(=O)c1ccc2nc(Cl)cc(N3CCCC3)c2c1. The molecule has 2 heterocycles. The molecule has 1 saturated heterocycles. The van der Waals surface area contributed by atoms with Gasteiger partial charge in [0.2, 0.25) is 0 Å². The number of rotatable bonds is 2. The van der Waals surface area contributed by atoms with Crippen LogP contribution in [0.2, 0.25) is 5.15 Å². The Morgan fingerprint density at radius 2 is 2.05 bits per heavy atom. The van der Waals surface area contributed by atoms with Crippen LogP contribution in [0.5, 0.6) is 0 Å². The number of pyridine rings is 1. The lowest BCUT2D eigenvalue weighted by atomic mass is 10.1. The number of nitrogens with zero attached hydrogens (tertiary/aromatic N) is 2. The number of aromatic nitrogens is 1. The maximum Gasteiger partial charge on any atom is 0.337 e. The minimum atomic E-state index is -0.339. The molecule has 104 valence electrons. The highest BCUT2D eigenvalue weighted by Gasteiger charge is 2.17. The van der Waals surface area contributed by atoms with E-state index in [1.807, 2.05) is 18.2 Å². The Morgan fingerprint density at radius 3 is 2.75 bits per heavy atom. The van der Waals surface area contributed by atoms with E-state index in [1.165, 1.54) is 20.0 Å². The Kier molecular flexibility index (Phi) is 3.49. The Labute approximate surface area is 122 Å². The van der Waals surface area contributed by atoms with Gasteiger partial charge in [-0.1, -0.05) is 11.6 Å². The van der Waals surface area contributed by atoms with Gasteiger partial charge in [-0.05, 0) is 37.1 Å². The van der Waals surface area contributed by atoms with E-state index in [9.17, 15) is 4.79 Å². The van der Waals surface area contributed by atoms with Gasteiger partial charge in [0, 0.05) is 24.2 Å². The van der Waals surface area contributed by atoms with Crippen LogP contribution in [-0.4, -0.2) is 31.2 Å². The summed E-state index contributed by atoms with van der Waals surface area (Å²) in [7, 11) is 1.38. The maximum absolute atomic E-state index is 11.7. The van der Waals surface area contributed by atoms with Crippen molar-refractivity contribution in [2.24, 2.45) is 0 Å². The topological polar surface area (TPSA) is 42.4 Å². The summed E-state index contributed by atoms with van der Waals surface area (Å²) in [5.41, 5.74) is 2.37. The average molecular weight is 291 g/mol. The van der Waals surface area contributed by atoms with E-state index in [0.717, 1.165) is 29.7 Å². The zero-order valence-corrected chi connectivity index (χ0v) is 12.0. The monoisotopic (exact) mass is 290 g/mol. The molecule has 0 aliphatic carbocycles. The highest BCUT2D eigenvalue weighted by atomic mass is 35.5. The third-order valence-electron chi connectivity index (χ3n) is 3.62. The molecule has 3 rings (SSSR count). The molecule has 0 N–H and O–H groups in total. The summed E-state index contributed by atoms with van der Waals surface area (Å²) >= 11 is 6.10. The third kappa shape index (κ3) is 2.31. The van der Waals surface area contributed by atoms with E-state index in [1.54, 1.807) is 6.07 Å². The van der Waals surface area contributed by atoms with Crippen LogP contribution in [0.4, 0.5) is 5.69 Å². The fourth-order valence-corrected chi connectivity index (χ4v) is 2.84. The molecule has 0 spiro atoms. The summed E-state index contributed by atoms with van der Waals surface area (Å²) in [5.74, 6) is -0.339. The fraction of sp³-hybridized carbons (Fsp3) is 0.333. The van der Waals surface area contributed by atoms with Crippen molar-refractivity contribution in [3.8, 4) is 0 Å². The highest BCUT2D eigenvalue weighted by Crippen LogP contribution is 2.31. The first-order valence-corrected chi connectivity index (χ1v) is 7.00. The molecule has 1 fully saturated rings. The number of carbonyl (C=O) groups is 1. The number of carbonyl (C=O) groups excluding carboxylic acids is 1. The number of anilines is 1. The summed E-state index contributed by atoms with van der Waals surface area (Å²) in [5, 5.41) is 1.42. The van der Waals surface area contributed by atoms with Crippen LogP contribution >= 0.6 is 11.6 Å². The predicted octanol–water partition coefficient (Wildman–Crippen LogP) is 3.28. The van der Waals surface area contributed by atoms with Crippen LogP contribution < -0.4 is 4.90 Å². The fourth-order valence-electron chi connectivity index (χ4n) is 2.64. The second-order valence-corrected chi connectivity index (χ2v) is 5.27. The van der Waals surface area contributed by atoms with E-state index in [4.69, 9.17) is 16.3 Å². The first-order chi connectivity index (χ1) is 9.69. The molecular weight excluding hydrogens is 276 g/mol. The van der Waals surface area contributed by atoms with E-state index in [2.05, 4.69) is 9.88 Å². The second-order valence-electron chi connectivity index (χ2n) is 4.88. The van der Waals surface area contributed by atoms with Gasteiger partial charge < -0.3 is 9.64 Å². The molecular formula is C15H15ClN2O2. The molecule has 0 radical (unpaired) electrons. The van der Waals surface area contributed by atoms with Gasteiger partial charge in [0.15, 0.2) is 0 Å². The van der Waals surface area contributed by atoms with Crippen molar-refractivity contribution in [1.29, 1.82) is 0 Å². The molecule has 5 heteroatoms. The summed E-state index contributed by atoms with van der Waals surface area (Å²) in [6.07, 6.45) is 2.36. The number of methoxy groups -OCH3 is 1. The number of fused-ring (bicyclic) bond motifs is 1. The van der Waals surface area contributed by atoms with E-state index < -0.39 is 0 Å². The predicted molar refractivity (Wildman–Crippen MR) is 79.5 cm³/mol. The van der Waals surface area contributed by atoms with Crippen LogP contribution in [0, 0.1) is 0 Å². The zero-order chi connectivity index (χ0) is 14.1. The van der Waals surface area contributed by atoms with Crippen molar-refractivity contribution in [1.82, 2.24) is 4.98 Å². The van der Waals surface area contributed by atoms with Gasteiger partial charge in [0.25, 0.3) is 0 Å². The first-order valence-electron chi connectivity index (χ1n) is 6.62. The quantitative estimate of drug-likeness (QED) is 0.629. The number of benzene rings is 1. The van der Waals surface area contributed by atoms with E-state index >= 15 is 0 Å². The van der Waals surface area contributed by atoms with Crippen LogP contribution in [0.1, 0.15) is 23.2 Å². The zero-order valence-electron chi connectivity index (χ0n) is 11.2. The molecule has 1 aliphatic heterocycles. The van der Waals surface area contributed by atoms with Crippen molar-refractivity contribution in [3.05, 3.63) is 35.0 Å². The molecule has 2 aromatic rings. The average Bonchev–Trinajstić information content (AvgIpc) is 2.99. The Balaban J connectivity index is 2.17. The van der Waals surface area contributed by atoms with Gasteiger partial charge >= 0.3 is 5.97 Å². The van der Waals surface area contributed by atoms with Gasteiger partial charge in [0.05, 0.1) is 18.2 Å². The maximum atomic E-state index is 11.7. The van der Waals surface area contributed by atoms with Crippen LogP contribution in [0.3, 0.4) is 0 Å². The smallest absolute Gasteiger partial charge is 0.337 e. The molecule has 0 unspecified atom stereocenters. The van der Waals surface area contributed by atoms with Crippen molar-refractivity contribution < 1.29 is 9.53 Å². The van der Waals surface area contributed by atoms with Crippen LogP contribution in [0.15, 0.2) is 24.3 Å². The lowest BCUT2D eigenvalue weighted by Crippen LogP contribution is -2.18. The highest BCUT2D eigenvalue weighted by molar-refractivity contribution is 6.30. The van der Waals surface area contributed by atoms with Crippen LogP contribution in [-0.2, 0) is 4.74 Å². The molecule has 0 saturated carbocycles. The van der Waals surface area contributed by atoms with Crippen LogP contribution in [0.25, 0.3) is 10.9 Å². The number of esters is 1. The van der Waals surface area contributed by atoms with Gasteiger partial charge in [-0.3, -0.25) is 0 Å². The molecule has 0 bridgehead atoms. The lowest BCUT2D eigenvalue weighted by molar-refractivity contribution is 0.0601. The van der Waals surface area contributed by atoms with Gasteiger partial charge in [0.1, 0.15) is 5.15 Å². The Hall–Kier alpha value is -1.81. The van der Waals surface area contributed by atoms with Crippen molar-refractivity contribution in [2.75, 3.05) is 25.1 Å². The number of halogens is 1. The molecule has 1 aliphatic rings. The normalized spacial score (nSPS) is 14.8. The largest absolute Gasteiger partial charge is 0.465 e. The molecule has 1 aromatic heterocycles. The Bertz CT molecular complexity index is 666. The molecule has 20 heavy (non-hydrogen) atoms. The van der Waals surface area contributed by atoms with Crippen molar-refractivity contribution >= 4 is 34.2 Å². The van der Waals surface area contributed by atoms with Gasteiger partial charge in [-0.25, -0.2) is 9.78 Å². The molecule has 1 aromatic carbocycles. The summed E-state index contributed by atoms with van der Waals surface area (Å²) < 4.78 is 4.78. The summed E-state index contributed by atoms with van der Waals surface area (Å²) in [6.45, 7) is 2.02. The van der Waals surface area contributed by atoms with Crippen molar-refractivity contribution in [2.45, 2.75) is 12.8 Å². The summed E-state index contributed by atoms with van der Waals surface area (Å²) in [4.78, 5) is 18.3. The molecule has 0 amide bonds. The second kappa shape index (κ2) is 5.29. The summed E-state index contributed by atoms with van der Waals surface area (Å²) in [6, 6.07) is 7.23. The number of hydrogen-bond donors (Lipinski definition) is 0. The van der Waals surface area contributed by atoms with E-state index in [-0.39, 0.29) is 5.97 Å². The Morgan fingerprint density at radius 1 is 1.30 bits per heavy atom.